The Hall–Kier alpha value is -1.75. The Morgan fingerprint density at radius 2 is 2.47 bits per heavy atom. The molecule has 2 heterocycles. The average molecular weight is 235 g/mol. The monoisotopic (exact) mass is 235 g/mol. The maximum atomic E-state index is 11.6. The van der Waals surface area contributed by atoms with E-state index in [1.807, 2.05) is 6.07 Å². The predicted molar refractivity (Wildman–Crippen MR) is 58.1 cm³/mol. The van der Waals surface area contributed by atoms with Crippen molar-refractivity contribution in [2.75, 3.05) is 6.61 Å². The van der Waals surface area contributed by atoms with E-state index in [0.717, 1.165) is 5.56 Å². The molecule has 0 bridgehead atoms. The number of ketones is 1. The zero-order chi connectivity index (χ0) is 12.3. The molecule has 0 saturated carbocycles. The minimum Gasteiger partial charge on any atom is -0.464 e. The van der Waals surface area contributed by atoms with Crippen LogP contribution in [0.3, 0.4) is 0 Å². The van der Waals surface area contributed by atoms with Gasteiger partial charge in [-0.25, -0.2) is 4.79 Å². The van der Waals surface area contributed by atoms with Gasteiger partial charge in [-0.05, 0) is 18.6 Å². The van der Waals surface area contributed by atoms with Crippen molar-refractivity contribution in [2.24, 2.45) is 0 Å². The zero-order valence-corrected chi connectivity index (χ0v) is 9.46. The van der Waals surface area contributed by atoms with Gasteiger partial charge in [-0.2, -0.15) is 0 Å². The van der Waals surface area contributed by atoms with Crippen LogP contribution in [-0.4, -0.2) is 29.4 Å². The quantitative estimate of drug-likeness (QED) is 0.578. The van der Waals surface area contributed by atoms with Gasteiger partial charge < -0.3 is 9.47 Å². The van der Waals surface area contributed by atoms with Crippen molar-refractivity contribution in [1.82, 2.24) is 4.98 Å². The number of carbonyl (C=O) groups is 2. The Kier molecular flexibility index (Phi) is 3.49. The Labute approximate surface area is 98.7 Å². The van der Waals surface area contributed by atoms with Gasteiger partial charge in [-0.1, -0.05) is 6.07 Å². The summed E-state index contributed by atoms with van der Waals surface area (Å²) in [6.45, 7) is 1.93. The smallest absolute Gasteiger partial charge is 0.343 e. The minimum absolute atomic E-state index is 0.190. The molecule has 0 aromatic carbocycles. The first-order valence-corrected chi connectivity index (χ1v) is 5.47. The highest BCUT2D eigenvalue weighted by Gasteiger charge is 2.40. The van der Waals surface area contributed by atoms with E-state index in [4.69, 9.17) is 9.47 Å². The largest absolute Gasteiger partial charge is 0.464 e. The molecule has 2 rings (SSSR count). The third-order valence-electron chi connectivity index (χ3n) is 2.54. The third kappa shape index (κ3) is 2.50. The van der Waals surface area contributed by atoms with Crippen LogP contribution in [0.2, 0.25) is 0 Å². The number of carbonyl (C=O) groups excluding carboxylic acids is 2. The van der Waals surface area contributed by atoms with Crippen LogP contribution < -0.4 is 0 Å². The third-order valence-corrected chi connectivity index (χ3v) is 2.54. The Balaban J connectivity index is 2.07. The van der Waals surface area contributed by atoms with E-state index < -0.39 is 18.2 Å². The van der Waals surface area contributed by atoms with Gasteiger partial charge in [0.2, 0.25) is 6.10 Å². The van der Waals surface area contributed by atoms with Crippen LogP contribution in [-0.2, 0) is 19.1 Å². The fraction of sp³-hybridized carbons (Fsp3) is 0.417. The summed E-state index contributed by atoms with van der Waals surface area (Å²) < 4.78 is 10.2. The molecular formula is C12H13NO4. The average Bonchev–Trinajstić information content (AvgIpc) is 2.73. The second-order valence-corrected chi connectivity index (χ2v) is 3.71. The molecule has 1 aromatic heterocycles. The molecule has 0 radical (unpaired) electrons. The van der Waals surface area contributed by atoms with Gasteiger partial charge in [-0.15, -0.1) is 0 Å². The SMILES string of the molecule is CCOC(=O)C1O[C@@H](c2cccnc2)CC1=O. The number of ether oxygens (including phenoxy) is 2. The molecule has 1 aliphatic heterocycles. The van der Waals surface area contributed by atoms with Gasteiger partial charge in [0.05, 0.1) is 12.7 Å². The second-order valence-electron chi connectivity index (χ2n) is 3.71. The van der Waals surface area contributed by atoms with E-state index in [9.17, 15) is 9.59 Å². The van der Waals surface area contributed by atoms with Gasteiger partial charge in [0.25, 0.3) is 0 Å². The number of hydrogen-bond acceptors (Lipinski definition) is 5. The molecule has 17 heavy (non-hydrogen) atoms. The molecule has 5 heteroatoms. The van der Waals surface area contributed by atoms with Crippen LogP contribution in [0.5, 0.6) is 0 Å². The summed E-state index contributed by atoms with van der Waals surface area (Å²) in [5.41, 5.74) is 0.799. The second kappa shape index (κ2) is 5.05. The predicted octanol–water partition coefficient (Wildman–Crippen LogP) is 1.04. The molecule has 1 aromatic rings. The highest BCUT2D eigenvalue weighted by Crippen LogP contribution is 2.30. The topological polar surface area (TPSA) is 65.5 Å². The van der Waals surface area contributed by atoms with E-state index in [1.165, 1.54) is 0 Å². The van der Waals surface area contributed by atoms with Crippen LogP contribution in [0.15, 0.2) is 24.5 Å². The first kappa shape index (κ1) is 11.7. The number of rotatable bonds is 3. The van der Waals surface area contributed by atoms with Crippen LogP contribution >= 0.6 is 0 Å². The zero-order valence-electron chi connectivity index (χ0n) is 9.46. The van der Waals surface area contributed by atoms with Crippen molar-refractivity contribution < 1.29 is 19.1 Å². The molecule has 1 aliphatic rings. The molecule has 0 spiro atoms. The summed E-state index contributed by atoms with van der Waals surface area (Å²) in [4.78, 5) is 27.0. The minimum atomic E-state index is -1.08. The number of pyridine rings is 1. The van der Waals surface area contributed by atoms with Crippen LogP contribution in [0.1, 0.15) is 25.0 Å². The number of nitrogens with zero attached hydrogens (tertiary/aromatic N) is 1. The van der Waals surface area contributed by atoms with Gasteiger partial charge >= 0.3 is 5.97 Å². The summed E-state index contributed by atoms with van der Waals surface area (Å²) in [6, 6.07) is 3.58. The van der Waals surface area contributed by atoms with Crippen LogP contribution in [0.25, 0.3) is 0 Å². The van der Waals surface area contributed by atoms with Crippen molar-refractivity contribution in [3.63, 3.8) is 0 Å². The number of hydrogen-bond donors (Lipinski definition) is 0. The Morgan fingerprint density at radius 1 is 1.65 bits per heavy atom. The number of aromatic nitrogens is 1. The molecule has 5 nitrogen and oxygen atoms in total. The molecule has 1 fully saturated rings. The summed E-state index contributed by atoms with van der Waals surface area (Å²) in [5, 5.41) is 0. The van der Waals surface area contributed by atoms with Crippen molar-refractivity contribution in [3.05, 3.63) is 30.1 Å². The standard InChI is InChI=1S/C12H13NO4/c1-2-16-12(15)11-9(14)6-10(17-11)8-4-3-5-13-7-8/h3-5,7,10-11H,2,6H2,1H3/t10-,11?/m1/s1. The molecule has 2 atom stereocenters. The van der Waals surface area contributed by atoms with Crippen molar-refractivity contribution >= 4 is 11.8 Å². The van der Waals surface area contributed by atoms with Crippen molar-refractivity contribution in [2.45, 2.75) is 25.6 Å². The van der Waals surface area contributed by atoms with E-state index in [2.05, 4.69) is 4.98 Å². The van der Waals surface area contributed by atoms with E-state index in [0.29, 0.717) is 0 Å². The first-order chi connectivity index (χ1) is 8.22. The lowest BCUT2D eigenvalue weighted by atomic mass is 10.1. The molecule has 1 unspecified atom stereocenters. The first-order valence-electron chi connectivity index (χ1n) is 5.47. The molecular weight excluding hydrogens is 222 g/mol. The lowest BCUT2D eigenvalue weighted by molar-refractivity contribution is -0.158. The molecule has 0 amide bonds. The summed E-state index contributed by atoms with van der Waals surface area (Å²) >= 11 is 0. The van der Waals surface area contributed by atoms with Gasteiger partial charge in [0.1, 0.15) is 0 Å². The molecule has 90 valence electrons. The maximum absolute atomic E-state index is 11.6. The van der Waals surface area contributed by atoms with E-state index in [1.54, 1.807) is 25.4 Å². The Bertz CT molecular complexity index is 418. The molecule has 0 N–H and O–H groups in total. The van der Waals surface area contributed by atoms with Crippen LogP contribution in [0.4, 0.5) is 0 Å². The van der Waals surface area contributed by atoms with Gasteiger partial charge in [-0.3, -0.25) is 9.78 Å². The lowest BCUT2D eigenvalue weighted by Gasteiger charge is -2.11. The fourth-order valence-corrected chi connectivity index (χ4v) is 1.75. The molecule has 1 saturated heterocycles. The Morgan fingerprint density at radius 3 is 3.12 bits per heavy atom. The summed E-state index contributed by atoms with van der Waals surface area (Å²) in [5.74, 6) is -0.846. The van der Waals surface area contributed by atoms with Gasteiger partial charge in [0.15, 0.2) is 5.78 Å². The van der Waals surface area contributed by atoms with E-state index >= 15 is 0 Å². The maximum Gasteiger partial charge on any atom is 0.343 e. The highest BCUT2D eigenvalue weighted by atomic mass is 16.6. The van der Waals surface area contributed by atoms with Crippen molar-refractivity contribution in [3.8, 4) is 0 Å². The highest BCUT2D eigenvalue weighted by molar-refractivity contribution is 6.03. The normalized spacial score (nSPS) is 23.7. The number of Topliss-reactive ketones (excluding diaryl/α,β-unsaturated/α-hetero) is 1. The van der Waals surface area contributed by atoms with Crippen molar-refractivity contribution in [1.29, 1.82) is 0 Å². The summed E-state index contributed by atoms with van der Waals surface area (Å²) in [7, 11) is 0. The van der Waals surface area contributed by atoms with Crippen LogP contribution in [0, 0.1) is 0 Å². The lowest BCUT2D eigenvalue weighted by Crippen LogP contribution is -2.28. The van der Waals surface area contributed by atoms with Gasteiger partial charge in [0, 0.05) is 18.8 Å². The summed E-state index contributed by atoms with van der Waals surface area (Å²) in [6.07, 6.45) is 1.98. The fourth-order valence-electron chi connectivity index (χ4n) is 1.75. The molecule has 0 aliphatic carbocycles. The van der Waals surface area contributed by atoms with E-state index in [-0.39, 0.29) is 18.8 Å². The number of esters is 1.